The van der Waals surface area contributed by atoms with Gasteiger partial charge in [0.15, 0.2) is 11.5 Å². The molecule has 0 bridgehead atoms. The van der Waals surface area contributed by atoms with Gasteiger partial charge in [0.05, 0.1) is 36.6 Å². The van der Waals surface area contributed by atoms with Gasteiger partial charge in [-0.3, -0.25) is 9.59 Å². The lowest BCUT2D eigenvalue weighted by atomic mass is 9.87. The monoisotopic (exact) mass is 473 g/mol. The van der Waals surface area contributed by atoms with Gasteiger partial charge >= 0.3 is 0 Å². The van der Waals surface area contributed by atoms with E-state index in [2.05, 4.69) is 16.7 Å². The molecule has 0 spiro atoms. The Morgan fingerprint density at radius 3 is 2.65 bits per heavy atom. The molecule has 172 valence electrons. The van der Waals surface area contributed by atoms with Gasteiger partial charge in [-0.15, -0.1) is 0 Å². The Morgan fingerprint density at radius 1 is 1.12 bits per heavy atom. The van der Waals surface area contributed by atoms with E-state index in [1.807, 2.05) is 48.5 Å². The van der Waals surface area contributed by atoms with Crippen LogP contribution in [0.5, 0.6) is 11.5 Å². The van der Waals surface area contributed by atoms with E-state index in [9.17, 15) is 14.9 Å². The molecule has 1 heterocycles. The molecule has 1 aliphatic rings. The predicted octanol–water partition coefficient (Wildman–Crippen LogP) is 4.57. The van der Waals surface area contributed by atoms with Crippen LogP contribution in [0, 0.1) is 11.3 Å². The number of hydrogen-bond acceptors (Lipinski definition) is 6. The summed E-state index contributed by atoms with van der Waals surface area (Å²) in [5.41, 5.74) is 1.89. The lowest BCUT2D eigenvalue weighted by Gasteiger charge is -2.25. The molecule has 2 N–H and O–H groups in total. The lowest BCUT2D eigenvalue weighted by molar-refractivity contribution is -0.121. The first-order valence-corrected chi connectivity index (χ1v) is 11.6. The minimum atomic E-state index is -0.442. The van der Waals surface area contributed by atoms with Crippen molar-refractivity contribution in [2.45, 2.75) is 12.3 Å². The summed E-state index contributed by atoms with van der Waals surface area (Å²) >= 11 is 1.14. The maximum atomic E-state index is 12.7. The van der Waals surface area contributed by atoms with Gasteiger partial charge in [0.25, 0.3) is 0 Å². The van der Waals surface area contributed by atoms with E-state index in [1.165, 1.54) is 7.11 Å². The number of thioether (sulfide) groups is 1. The molecule has 2 amide bonds. The van der Waals surface area contributed by atoms with Gasteiger partial charge < -0.3 is 20.1 Å². The average molecular weight is 474 g/mol. The van der Waals surface area contributed by atoms with E-state index >= 15 is 0 Å². The number of anilines is 1. The Labute approximate surface area is 201 Å². The van der Waals surface area contributed by atoms with Gasteiger partial charge in [0.1, 0.15) is 0 Å². The van der Waals surface area contributed by atoms with Crippen molar-refractivity contribution in [1.29, 1.82) is 5.26 Å². The molecule has 8 heteroatoms. The van der Waals surface area contributed by atoms with E-state index in [1.54, 1.807) is 19.2 Å². The Hall–Kier alpha value is -3.96. The minimum absolute atomic E-state index is 0.0443. The van der Waals surface area contributed by atoms with Crippen molar-refractivity contribution in [2.75, 3.05) is 25.3 Å². The summed E-state index contributed by atoms with van der Waals surface area (Å²) in [4.78, 5) is 25.2. The number of benzene rings is 3. The van der Waals surface area contributed by atoms with Crippen LogP contribution in [0.4, 0.5) is 5.69 Å². The minimum Gasteiger partial charge on any atom is -0.493 e. The van der Waals surface area contributed by atoms with Gasteiger partial charge in [-0.05, 0) is 29.1 Å². The number of carbonyl (C=O) groups is 2. The molecule has 1 atom stereocenters. The average Bonchev–Trinajstić information content (AvgIpc) is 2.86. The van der Waals surface area contributed by atoms with Crippen LogP contribution in [0.15, 0.2) is 71.3 Å². The van der Waals surface area contributed by atoms with Crippen molar-refractivity contribution in [2.24, 2.45) is 0 Å². The third kappa shape index (κ3) is 4.85. The summed E-state index contributed by atoms with van der Waals surface area (Å²) in [7, 11) is 3.08. The standard InChI is InChI=1S/C26H23N3O4S/c1-32-22-11-10-17(12-23(22)33-2)19-13-24(30)29-26(20(19)14-27)34-15-25(31)28-21-9-5-7-16-6-3-4-8-18(16)21/h3-12,19H,13,15H2,1-2H3,(H,28,31)(H,29,30)/t19-/m1/s1. The molecule has 4 rings (SSSR count). The number of rotatable bonds is 7. The molecule has 0 aromatic heterocycles. The predicted molar refractivity (Wildman–Crippen MR) is 133 cm³/mol. The SMILES string of the molecule is COc1ccc([C@H]2CC(=O)NC(SCC(=O)Nc3cccc4ccccc34)=C2C#N)cc1OC. The Balaban J connectivity index is 1.54. The van der Waals surface area contributed by atoms with Gasteiger partial charge in [0.2, 0.25) is 11.8 Å². The number of hydrogen-bond donors (Lipinski definition) is 2. The van der Waals surface area contributed by atoms with Crippen LogP contribution in [0.2, 0.25) is 0 Å². The quantitative estimate of drug-likeness (QED) is 0.522. The third-order valence-corrected chi connectivity index (χ3v) is 6.59. The topological polar surface area (TPSA) is 100 Å². The van der Waals surface area contributed by atoms with E-state index in [0.29, 0.717) is 27.8 Å². The van der Waals surface area contributed by atoms with Crippen LogP contribution >= 0.6 is 11.8 Å². The zero-order valence-corrected chi connectivity index (χ0v) is 19.6. The van der Waals surface area contributed by atoms with Crippen LogP contribution in [-0.4, -0.2) is 31.8 Å². The summed E-state index contributed by atoms with van der Waals surface area (Å²) < 4.78 is 10.7. The molecule has 3 aromatic carbocycles. The van der Waals surface area contributed by atoms with Crippen molar-refractivity contribution >= 4 is 40.0 Å². The summed E-state index contributed by atoms with van der Waals surface area (Å²) in [6, 6.07) is 21.1. The fourth-order valence-electron chi connectivity index (χ4n) is 3.95. The summed E-state index contributed by atoms with van der Waals surface area (Å²) in [6.07, 6.45) is 0.130. The fourth-order valence-corrected chi connectivity index (χ4v) is 4.82. The smallest absolute Gasteiger partial charge is 0.234 e. The first-order valence-electron chi connectivity index (χ1n) is 10.6. The van der Waals surface area contributed by atoms with Crippen LogP contribution in [0.25, 0.3) is 10.8 Å². The van der Waals surface area contributed by atoms with Crippen LogP contribution < -0.4 is 20.1 Å². The molecule has 3 aromatic rings. The Bertz CT molecular complexity index is 1320. The molecule has 0 radical (unpaired) electrons. The van der Waals surface area contributed by atoms with Gasteiger partial charge in [-0.1, -0.05) is 54.2 Å². The van der Waals surface area contributed by atoms with E-state index in [4.69, 9.17) is 9.47 Å². The number of allylic oxidation sites excluding steroid dienone is 1. The zero-order chi connectivity index (χ0) is 24.1. The van der Waals surface area contributed by atoms with E-state index < -0.39 is 5.92 Å². The van der Waals surface area contributed by atoms with Crippen LogP contribution in [0.3, 0.4) is 0 Å². The van der Waals surface area contributed by atoms with Gasteiger partial charge in [0, 0.05) is 23.4 Å². The maximum Gasteiger partial charge on any atom is 0.234 e. The van der Waals surface area contributed by atoms with E-state index in [0.717, 1.165) is 28.1 Å². The second-order valence-corrected chi connectivity index (χ2v) is 8.62. The van der Waals surface area contributed by atoms with Crippen molar-refractivity contribution in [3.63, 3.8) is 0 Å². The van der Waals surface area contributed by atoms with E-state index in [-0.39, 0.29) is 24.0 Å². The highest BCUT2D eigenvalue weighted by molar-refractivity contribution is 8.03. The van der Waals surface area contributed by atoms with Gasteiger partial charge in [-0.2, -0.15) is 5.26 Å². The largest absolute Gasteiger partial charge is 0.493 e. The third-order valence-electron chi connectivity index (χ3n) is 5.58. The molecular formula is C26H23N3O4S. The summed E-state index contributed by atoms with van der Waals surface area (Å²) in [5.74, 6) is 0.245. The van der Waals surface area contributed by atoms with Crippen LogP contribution in [-0.2, 0) is 9.59 Å². The molecule has 1 aliphatic heterocycles. The number of nitriles is 1. The second-order valence-electron chi connectivity index (χ2n) is 7.64. The lowest BCUT2D eigenvalue weighted by Crippen LogP contribution is -2.31. The number of ether oxygens (including phenoxy) is 2. The molecule has 0 fully saturated rings. The fraction of sp³-hybridized carbons (Fsp3) is 0.192. The molecule has 0 saturated heterocycles. The number of nitrogens with zero attached hydrogens (tertiary/aromatic N) is 1. The normalized spacial score (nSPS) is 15.4. The number of amides is 2. The maximum absolute atomic E-state index is 12.7. The molecule has 7 nitrogen and oxygen atoms in total. The Morgan fingerprint density at radius 2 is 1.88 bits per heavy atom. The Kier molecular flexibility index (Phi) is 7.04. The van der Waals surface area contributed by atoms with Gasteiger partial charge in [-0.25, -0.2) is 0 Å². The highest BCUT2D eigenvalue weighted by atomic mass is 32.2. The highest BCUT2D eigenvalue weighted by Crippen LogP contribution is 2.39. The summed E-state index contributed by atoms with van der Waals surface area (Å²) in [5, 5.41) is 18.0. The number of carbonyl (C=O) groups excluding carboxylic acids is 2. The second kappa shape index (κ2) is 10.3. The number of methoxy groups -OCH3 is 2. The molecule has 0 unspecified atom stereocenters. The first kappa shape index (κ1) is 23.2. The number of nitrogens with one attached hydrogen (secondary N) is 2. The highest BCUT2D eigenvalue weighted by Gasteiger charge is 2.30. The molecular weight excluding hydrogens is 450 g/mol. The molecule has 0 saturated carbocycles. The van der Waals surface area contributed by atoms with Crippen molar-refractivity contribution in [3.05, 3.63) is 76.8 Å². The molecule has 34 heavy (non-hydrogen) atoms. The number of fused-ring (bicyclic) bond motifs is 1. The first-order chi connectivity index (χ1) is 16.5. The van der Waals surface area contributed by atoms with Crippen molar-refractivity contribution < 1.29 is 19.1 Å². The zero-order valence-electron chi connectivity index (χ0n) is 18.8. The van der Waals surface area contributed by atoms with Crippen molar-refractivity contribution in [1.82, 2.24) is 5.32 Å². The van der Waals surface area contributed by atoms with Crippen molar-refractivity contribution in [3.8, 4) is 17.6 Å². The van der Waals surface area contributed by atoms with Crippen LogP contribution in [0.1, 0.15) is 17.9 Å². The summed E-state index contributed by atoms with van der Waals surface area (Å²) in [6.45, 7) is 0. The molecule has 0 aliphatic carbocycles.